The number of esters is 1. The Labute approximate surface area is 107 Å². The van der Waals surface area contributed by atoms with E-state index in [0.717, 1.165) is 0 Å². The van der Waals surface area contributed by atoms with Crippen molar-refractivity contribution in [3.8, 4) is 11.8 Å². The zero-order valence-electron chi connectivity index (χ0n) is 8.99. The molecule has 4 nitrogen and oxygen atoms in total. The molecule has 0 heterocycles. The van der Waals surface area contributed by atoms with Crippen molar-refractivity contribution in [2.75, 3.05) is 7.11 Å². The predicted molar refractivity (Wildman–Crippen MR) is 64.6 cm³/mol. The average Bonchev–Trinajstić information content (AvgIpc) is 2.30. The second-order valence-electron chi connectivity index (χ2n) is 3.05. The zero-order chi connectivity index (χ0) is 12.8. The Morgan fingerprint density at radius 3 is 2.71 bits per heavy atom. The van der Waals surface area contributed by atoms with Crippen molar-refractivity contribution in [2.24, 2.45) is 0 Å². The summed E-state index contributed by atoms with van der Waals surface area (Å²) >= 11 is 3.22. The minimum absolute atomic E-state index is 0.00359. The van der Waals surface area contributed by atoms with Gasteiger partial charge in [0.15, 0.2) is 0 Å². The Kier molecular flexibility index (Phi) is 4.73. The molecule has 1 N–H and O–H groups in total. The highest BCUT2D eigenvalue weighted by Crippen LogP contribution is 2.17. The molecule has 0 saturated heterocycles. The summed E-state index contributed by atoms with van der Waals surface area (Å²) < 4.78 is 5.02. The van der Waals surface area contributed by atoms with Crippen LogP contribution in [0, 0.1) is 11.8 Å². The van der Waals surface area contributed by atoms with Crippen LogP contribution in [0.4, 0.5) is 0 Å². The summed E-state index contributed by atoms with van der Waals surface area (Å²) in [5.74, 6) is 3.99. The SMILES string of the molecule is COC(=O)CC#Cc1ccc(C(=O)O)cc1Br. The van der Waals surface area contributed by atoms with E-state index in [1.54, 1.807) is 6.07 Å². The first-order chi connectivity index (χ1) is 8.04. The molecule has 0 radical (unpaired) electrons. The highest BCUT2D eigenvalue weighted by molar-refractivity contribution is 9.10. The van der Waals surface area contributed by atoms with E-state index >= 15 is 0 Å². The van der Waals surface area contributed by atoms with Gasteiger partial charge in [0.25, 0.3) is 0 Å². The van der Waals surface area contributed by atoms with E-state index in [1.807, 2.05) is 0 Å². The number of benzene rings is 1. The van der Waals surface area contributed by atoms with Crippen molar-refractivity contribution < 1.29 is 19.4 Å². The average molecular weight is 297 g/mol. The van der Waals surface area contributed by atoms with Crippen molar-refractivity contribution >= 4 is 27.9 Å². The number of aromatic carboxylic acids is 1. The molecule has 0 bridgehead atoms. The normalized spacial score (nSPS) is 9.06. The summed E-state index contributed by atoms with van der Waals surface area (Å²) in [4.78, 5) is 21.5. The fraction of sp³-hybridized carbons (Fsp3) is 0.167. The number of hydrogen-bond acceptors (Lipinski definition) is 3. The molecule has 0 unspecified atom stereocenters. The summed E-state index contributed by atoms with van der Waals surface area (Å²) in [7, 11) is 1.29. The number of carboxylic acid groups (broad SMARTS) is 1. The van der Waals surface area contributed by atoms with Gasteiger partial charge in [0, 0.05) is 10.0 Å². The lowest BCUT2D eigenvalue weighted by molar-refractivity contribution is -0.139. The Balaban J connectivity index is 2.86. The van der Waals surface area contributed by atoms with Crippen LogP contribution < -0.4 is 0 Å². The van der Waals surface area contributed by atoms with Crippen LogP contribution >= 0.6 is 15.9 Å². The van der Waals surface area contributed by atoms with E-state index in [1.165, 1.54) is 19.2 Å². The van der Waals surface area contributed by atoms with Crippen LogP contribution in [0.25, 0.3) is 0 Å². The number of methoxy groups -OCH3 is 1. The van der Waals surface area contributed by atoms with Gasteiger partial charge < -0.3 is 9.84 Å². The van der Waals surface area contributed by atoms with Gasteiger partial charge in [-0.2, -0.15) is 0 Å². The first-order valence-corrected chi connectivity index (χ1v) is 5.42. The van der Waals surface area contributed by atoms with Gasteiger partial charge in [-0.05, 0) is 34.1 Å². The van der Waals surface area contributed by atoms with Crippen molar-refractivity contribution in [2.45, 2.75) is 6.42 Å². The molecule has 0 spiro atoms. The van der Waals surface area contributed by atoms with Crippen molar-refractivity contribution in [3.05, 3.63) is 33.8 Å². The quantitative estimate of drug-likeness (QED) is 0.670. The summed E-state index contributed by atoms with van der Waals surface area (Å²) in [6.45, 7) is 0. The first kappa shape index (κ1) is 13.3. The Hall–Kier alpha value is -1.80. The minimum Gasteiger partial charge on any atom is -0.478 e. The molecule has 0 atom stereocenters. The molecule has 88 valence electrons. The smallest absolute Gasteiger partial charge is 0.335 e. The molecule has 5 heteroatoms. The number of carboxylic acids is 1. The van der Waals surface area contributed by atoms with Gasteiger partial charge in [0.2, 0.25) is 0 Å². The lowest BCUT2D eigenvalue weighted by atomic mass is 10.1. The third-order valence-electron chi connectivity index (χ3n) is 1.90. The molecule has 0 saturated carbocycles. The van der Waals surface area contributed by atoms with Gasteiger partial charge in [-0.3, -0.25) is 4.79 Å². The highest BCUT2D eigenvalue weighted by Gasteiger charge is 2.05. The largest absolute Gasteiger partial charge is 0.478 e. The van der Waals surface area contributed by atoms with Crippen LogP contribution in [0.1, 0.15) is 22.3 Å². The maximum Gasteiger partial charge on any atom is 0.335 e. The molecule has 17 heavy (non-hydrogen) atoms. The molecule has 0 fully saturated rings. The third-order valence-corrected chi connectivity index (χ3v) is 2.56. The maximum absolute atomic E-state index is 10.8. The van der Waals surface area contributed by atoms with E-state index < -0.39 is 11.9 Å². The third kappa shape index (κ3) is 3.93. The van der Waals surface area contributed by atoms with Crippen LogP contribution in [-0.2, 0) is 9.53 Å². The Bertz CT molecular complexity index is 511. The van der Waals surface area contributed by atoms with Crippen molar-refractivity contribution in [3.63, 3.8) is 0 Å². The number of carbonyl (C=O) groups excluding carboxylic acids is 1. The fourth-order valence-electron chi connectivity index (χ4n) is 1.03. The number of halogens is 1. The van der Waals surface area contributed by atoms with Crippen LogP contribution in [0.15, 0.2) is 22.7 Å². The molecular weight excluding hydrogens is 288 g/mol. The van der Waals surface area contributed by atoms with Crippen LogP contribution in [0.2, 0.25) is 0 Å². The van der Waals surface area contributed by atoms with E-state index in [-0.39, 0.29) is 12.0 Å². The number of carbonyl (C=O) groups is 2. The molecule has 0 aliphatic carbocycles. The molecule has 0 aromatic heterocycles. The maximum atomic E-state index is 10.8. The lowest BCUT2D eigenvalue weighted by Gasteiger charge is -1.98. The van der Waals surface area contributed by atoms with Crippen molar-refractivity contribution in [1.82, 2.24) is 0 Å². The summed E-state index contributed by atoms with van der Waals surface area (Å²) in [5.41, 5.74) is 0.800. The number of ether oxygens (including phenoxy) is 1. The van der Waals surface area contributed by atoms with Gasteiger partial charge in [-0.15, -0.1) is 0 Å². The standard InChI is InChI=1S/C12H9BrO4/c1-17-11(14)4-2-3-8-5-6-9(12(15)16)7-10(8)13/h5-7H,4H2,1H3,(H,15,16). The van der Waals surface area contributed by atoms with E-state index in [0.29, 0.717) is 10.0 Å². The topological polar surface area (TPSA) is 63.6 Å². The Morgan fingerprint density at radius 2 is 2.18 bits per heavy atom. The molecule has 1 rings (SSSR count). The minimum atomic E-state index is -1.00. The molecule has 0 amide bonds. The monoisotopic (exact) mass is 296 g/mol. The Morgan fingerprint density at radius 1 is 1.47 bits per heavy atom. The van der Waals surface area contributed by atoms with E-state index in [4.69, 9.17) is 5.11 Å². The predicted octanol–water partition coefficient (Wildman–Crippen LogP) is 2.06. The van der Waals surface area contributed by atoms with Crippen molar-refractivity contribution in [1.29, 1.82) is 0 Å². The second kappa shape index (κ2) is 6.06. The molecular formula is C12H9BrO4. The molecule has 0 aliphatic heterocycles. The molecule has 0 aliphatic rings. The lowest BCUT2D eigenvalue weighted by Crippen LogP contribution is -1.97. The number of hydrogen-bond donors (Lipinski definition) is 1. The van der Waals surface area contributed by atoms with Crippen LogP contribution in [-0.4, -0.2) is 24.2 Å². The first-order valence-electron chi connectivity index (χ1n) is 4.63. The summed E-state index contributed by atoms with van der Waals surface area (Å²) in [6, 6.07) is 4.50. The summed E-state index contributed by atoms with van der Waals surface area (Å²) in [5, 5.41) is 8.76. The molecule has 1 aromatic carbocycles. The van der Waals surface area contributed by atoms with Gasteiger partial charge in [0.1, 0.15) is 6.42 Å². The van der Waals surface area contributed by atoms with Crippen LogP contribution in [0.3, 0.4) is 0 Å². The fourth-order valence-corrected chi connectivity index (χ4v) is 1.51. The van der Waals surface area contributed by atoms with E-state index in [2.05, 4.69) is 32.5 Å². The van der Waals surface area contributed by atoms with Gasteiger partial charge in [-0.1, -0.05) is 11.8 Å². The van der Waals surface area contributed by atoms with E-state index in [9.17, 15) is 9.59 Å². The summed E-state index contributed by atoms with van der Waals surface area (Å²) in [6.07, 6.45) is 0.00359. The highest BCUT2D eigenvalue weighted by atomic mass is 79.9. The van der Waals surface area contributed by atoms with Gasteiger partial charge >= 0.3 is 11.9 Å². The van der Waals surface area contributed by atoms with Crippen LogP contribution in [0.5, 0.6) is 0 Å². The van der Waals surface area contributed by atoms with Gasteiger partial charge in [0.05, 0.1) is 12.7 Å². The second-order valence-corrected chi connectivity index (χ2v) is 3.91. The zero-order valence-corrected chi connectivity index (χ0v) is 10.6. The molecule has 1 aromatic rings. The van der Waals surface area contributed by atoms with Gasteiger partial charge in [-0.25, -0.2) is 4.79 Å². The number of rotatable bonds is 2.